The van der Waals surface area contributed by atoms with Gasteiger partial charge in [0.1, 0.15) is 0 Å². The Hall–Kier alpha value is -2.53. The van der Waals surface area contributed by atoms with Crippen molar-refractivity contribution in [1.29, 1.82) is 0 Å². The van der Waals surface area contributed by atoms with Crippen LogP contribution in [0.2, 0.25) is 0 Å². The molecule has 1 aromatic heterocycles. The van der Waals surface area contributed by atoms with Gasteiger partial charge in [0.05, 0.1) is 6.42 Å². The normalized spacial score (nSPS) is 19.6. The number of ketones is 1. The molecule has 0 saturated heterocycles. The molecule has 3 rings (SSSR count). The number of anilines is 1. The van der Waals surface area contributed by atoms with Crippen molar-refractivity contribution >= 4 is 17.4 Å². The molecule has 1 atom stereocenters. The quantitative estimate of drug-likeness (QED) is 0.846. The lowest BCUT2D eigenvalue weighted by atomic mass is 9.87. The number of fused-ring (bicyclic) bond motifs is 1. The molecule has 22 heavy (non-hydrogen) atoms. The molecule has 0 radical (unpaired) electrons. The van der Waals surface area contributed by atoms with E-state index in [1.807, 2.05) is 13.0 Å². The number of hydrogen-bond acceptors (Lipinski definition) is 4. The number of aromatic nitrogens is 1. The summed E-state index contributed by atoms with van der Waals surface area (Å²) in [4.78, 5) is 28.4. The van der Waals surface area contributed by atoms with Crippen molar-refractivity contribution in [3.63, 3.8) is 0 Å². The summed E-state index contributed by atoms with van der Waals surface area (Å²) in [5.41, 5.74) is 0.647. The number of aliphatic hydroxyl groups is 1. The summed E-state index contributed by atoms with van der Waals surface area (Å²) >= 11 is 0. The number of hydrogen-bond donors (Lipinski definition) is 2. The first-order valence-electron chi connectivity index (χ1n) is 7.15. The highest BCUT2D eigenvalue weighted by molar-refractivity contribution is 6.09. The molecule has 0 fully saturated rings. The van der Waals surface area contributed by atoms with Crippen LogP contribution < -0.4 is 5.32 Å². The van der Waals surface area contributed by atoms with Crippen LogP contribution in [0.5, 0.6) is 0 Å². The minimum absolute atomic E-state index is 0.289. The van der Waals surface area contributed by atoms with Crippen LogP contribution in [0.3, 0.4) is 0 Å². The zero-order valence-corrected chi connectivity index (χ0v) is 12.2. The third-order valence-electron chi connectivity index (χ3n) is 3.98. The van der Waals surface area contributed by atoms with E-state index < -0.39 is 11.5 Å². The maximum Gasteiger partial charge on any atom is 0.261 e. The average molecular weight is 296 g/mol. The van der Waals surface area contributed by atoms with Crippen LogP contribution in [-0.2, 0) is 16.8 Å². The van der Waals surface area contributed by atoms with Crippen LogP contribution in [0.15, 0.2) is 42.7 Å². The Labute approximate surface area is 128 Å². The summed E-state index contributed by atoms with van der Waals surface area (Å²) in [5, 5.41) is 13.5. The number of benzene rings is 1. The Morgan fingerprint density at radius 2 is 2.00 bits per heavy atom. The number of Topliss-reactive ketones (excluding diaryl/α,β-unsaturated/α-hetero) is 1. The first-order valence-corrected chi connectivity index (χ1v) is 7.15. The number of amides is 1. The fourth-order valence-electron chi connectivity index (χ4n) is 2.66. The second kappa shape index (κ2) is 5.35. The standard InChI is InChI=1S/C17H16N2O3/c1-2-11-3-4-14-13(9-11)17(22,16(21)19-14)10-15(20)12-5-7-18-8-6-12/h3-9,22H,2,10H2,1H3,(H,19,21). The Morgan fingerprint density at radius 1 is 1.27 bits per heavy atom. The van der Waals surface area contributed by atoms with Crippen molar-refractivity contribution in [2.75, 3.05) is 5.32 Å². The molecule has 1 aromatic carbocycles. The summed E-state index contributed by atoms with van der Waals surface area (Å²) in [7, 11) is 0. The van der Waals surface area contributed by atoms with Crippen LogP contribution in [0.25, 0.3) is 0 Å². The molecular formula is C17H16N2O3. The van der Waals surface area contributed by atoms with E-state index in [0.29, 0.717) is 16.8 Å². The van der Waals surface area contributed by atoms with Crippen LogP contribution in [0.1, 0.15) is 34.8 Å². The molecule has 1 unspecified atom stereocenters. The van der Waals surface area contributed by atoms with Crippen LogP contribution in [0.4, 0.5) is 5.69 Å². The highest BCUT2D eigenvalue weighted by atomic mass is 16.3. The van der Waals surface area contributed by atoms with Gasteiger partial charge in [0.2, 0.25) is 0 Å². The van der Waals surface area contributed by atoms with Crippen LogP contribution in [0, 0.1) is 0 Å². The van der Waals surface area contributed by atoms with E-state index in [1.54, 1.807) is 24.3 Å². The number of nitrogens with one attached hydrogen (secondary N) is 1. The number of carbonyl (C=O) groups excluding carboxylic acids is 2. The van der Waals surface area contributed by atoms with Crippen molar-refractivity contribution in [2.45, 2.75) is 25.4 Å². The van der Waals surface area contributed by atoms with Gasteiger partial charge in [-0.2, -0.15) is 0 Å². The van der Waals surface area contributed by atoms with E-state index in [0.717, 1.165) is 12.0 Å². The van der Waals surface area contributed by atoms with Gasteiger partial charge in [-0.25, -0.2) is 0 Å². The second-order valence-electron chi connectivity index (χ2n) is 5.38. The smallest absolute Gasteiger partial charge is 0.261 e. The highest BCUT2D eigenvalue weighted by Crippen LogP contribution is 2.39. The largest absolute Gasteiger partial charge is 0.375 e. The highest BCUT2D eigenvalue weighted by Gasteiger charge is 2.46. The molecule has 0 spiro atoms. The summed E-state index contributed by atoms with van der Waals surface area (Å²) in [6.07, 6.45) is 3.52. The monoisotopic (exact) mass is 296 g/mol. The molecular weight excluding hydrogens is 280 g/mol. The van der Waals surface area contributed by atoms with Crippen LogP contribution >= 0.6 is 0 Å². The molecule has 0 bridgehead atoms. The molecule has 5 nitrogen and oxygen atoms in total. The maximum absolute atomic E-state index is 12.3. The van der Waals surface area contributed by atoms with Gasteiger partial charge in [-0.1, -0.05) is 19.1 Å². The first-order chi connectivity index (χ1) is 10.5. The first kappa shape index (κ1) is 14.4. The van der Waals surface area contributed by atoms with Crippen molar-refractivity contribution in [1.82, 2.24) is 4.98 Å². The fraction of sp³-hybridized carbons (Fsp3) is 0.235. The molecule has 2 aromatic rings. The van der Waals surface area contributed by atoms with E-state index in [2.05, 4.69) is 10.3 Å². The van der Waals surface area contributed by atoms with Crippen molar-refractivity contribution in [3.05, 3.63) is 59.4 Å². The van der Waals surface area contributed by atoms with E-state index in [1.165, 1.54) is 12.4 Å². The number of nitrogens with zero attached hydrogens (tertiary/aromatic N) is 1. The van der Waals surface area contributed by atoms with Crippen LogP contribution in [-0.4, -0.2) is 21.8 Å². The Bertz CT molecular complexity index is 743. The zero-order chi connectivity index (χ0) is 15.7. The summed E-state index contributed by atoms with van der Waals surface area (Å²) in [5.74, 6) is -0.854. The number of pyridine rings is 1. The number of aryl methyl sites for hydroxylation is 1. The molecule has 2 N–H and O–H groups in total. The SMILES string of the molecule is CCc1ccc2c(c1)C(O)(CC(=O)c1ccncc1)C(=O)N2. The molecule has 1 aliphatic heterocycles. The lowest BCUT2D eigenvalue weighted by Gasteiger charge is -2.20. The molecule has 112 valence electrons. The second-order valence-corrected chi connectivity index (χ2v) is 5.38. The van der Waals surface area contributed by atoms with Crippen molar-refractivity contribution in [3.8, 4) is 0 Å². The molecule has 0 aliphatic carbocycles. The Morgan fingerprint density at radius 3 is 2.68 bits per heavy atom. The van der Waals surface area contributed by atoms with E-state index in [-0.39, 0.29) is 12.2 Å². The minimum Gasteiger partial charge on any atom is -0.375 e. The summed E-state index contributed by atoms with van der Waals surface area (Å²) < 4.78 is 0. The van der Waals surface area contributed by atoms with Gasteiger partial charge in [0, 0.05) is 29.2 Å². The molecule has 5 heteroatoms. The maximum atomic E-state index is 12.3. The van der Waals surface area contributed by atoms with Gasteiger partial charge in [-0.15, -0.1) is 0 Å². The van der Waals surface area contributed by atoms with Gasteiger partial charge in [-0.3, -0.25) is 14.6 Å². The Kier molecular flexibility index (Phi) is 3.50. The minimum atomic E-state index is -1.82. The predicted molar refractivity (Wildman–Crippen MR) is 81.5 cm³/mol. The van der Waals surface area contributed by atoms with E-state index in [4.69, 9.17) is 0 Å². The van der Waals surface area contributed by atoms with Gasteiger partial charge >= 0.3 is 0 Å². The predicted octanol–water partition coefficient (Wildman–Crippen LogP) is 2.06. The number of rotatable bonds is 4. The summed E-state index contributed by atoms with van der Waals surface area (Å²) in [6.45, 7) is 1.99. The average Bonchev–Trinajstić information content (AvgIpc) is 2.79. The Balaban J connectivity index is 1.96. The van der Waals surface area contributed by atoms with E-state index in [9.17, 15) is 14.7 Å². The molecule has 0 saturated carbocycles. The summed E-state index contributed by atoms with van der Waals surface area (Å²) in [6, 6.07) is 8.59. The van der Waals surface area contributed by atoms with Crippen molar-refractivity contribution in [2.24, 2.45) is 0 Å². The van der Waals surface area contributed by atoms with E-state index >= 15 is 0 Å². The van der Waals surface area contributed by atoms with Gasteiger partial charge in [0.25, 0.3) is 5.91 Å². The fourth-order valence-corrected chi connectivity index (χ4v) is 2.66. The zero-order valence-electron chi connectivity index (χ0n) is 12.2. The number of carbonyl (C=O) groups is 2. The molecule has 2 heterocycles. The van der Waals surface area contributed by atoms with Gasteiger partial charge in [0.15, 0.2) is 11.4 Å². The van der Waals surface area contributed by atoms with Crippen molar-refractivity contribution < 1.29 is 14.7 Å². The molecule has 1 aliphatic rings. The third kappa shape index (κ3) is 2.29. The third-order valence-corrected chi connectivity index (χ3v) is 3.98. The lowest BCUT2D eigenvalue weighted by molar-refractivity contribution is -0.133. The molecule has 1 amide bonds. The van der Waals surface area contributed by atoms with Gasteiger partial charge < -0.3 is 10.4 Å². The lowest BCUT2D eigenvalue weighted by Crippen LogP contribution is -2.36. The topological polar surface area (TPSA) is 79.3 Å². The van der Waals surface area contributed by atoms with Gasteiger partial charge in [-0.05, 0) is 30.2 Å².